The number of nitrogens with one attached hydrogen (secondary N) is 1. The Kier molecular flexibility index (Phi) is 2.88. The van der Waals surface area contributed by atoms with Gasteiger partial charge in [-0.15, -0.1) is 16.4 Å². The molecule has 0 spiro atoms. The number of nitrogens with zero attached hydrogens (tertiary/aromatic N) is 3. The van der Waals surface area contributed by atoms with Gasteiger partial charge in [0.15, 0.2) is 0 Å². The van der Waals surface area contributed by atoms with Gasteiger partial charge in [0.25, 0.3) is 0 Å². The first-order chi connectivity index (χ1) is 9.19. The van der Waals surface area contributed by atoms with Crippen molar-refractivity contribution in [3.8, 4) is 11.3 Å². The van der Waals surface area contributed by atoms with Gasteiger partial charge in [-0.2, -0.15) is 10.3 Å². The monoisotopic (exact) mass is 292 g/mol. The Morgan fingerprint density at radius 1 is 1.11 bits per heavy atom. The van der Waals surface area contributed by atoms with Crippen molar-refractivity contribution in [3.05, 3.63) is 42.0 Å². The molecule has 96 valence electrons. The number of hydrogen-bond acceptors (Lipinski definition) is 6. The number of pyridine rings is 1. The van der Waals surface area contributed by atoms with Crippen LogP contribution in [0.5, 0.6) is 0 Å². The maximum atomic E-state index is 12.4. The summed E-state index contributed by atoms with van der Waals surface area (Å²) in [5.74, 6) is 0. The van der Waals surface area contributed by atoms with E-state index in [4.69, 9.17) is 0 Å². The van der Waals surface area contributed by atoms with Crippen LogP contribution >= 0.6 is 11.3 Å². The van der Waals surface area contributed by atoms with Gasteiger partial charge in [0, 0.05) is 18.0 Å². The van der Waals surface area contributed by atoms with Crippen LogP contribution < -0.4 is 0 Å². The lowest BCUT2D eigenvalue weighted by atomic mass is 10.2. The quantitative estimate of drug-likeness (QED) is 0.794. The van der Waals surface area contributed by atoms with Crippen molar-refractivity contribution < 1.29 is 8.42 Å². The summed E-state index contributed by atoms with van der Waals surface area (Å²) in [7, 11) is -3.64. The van der Waals surface area contributed by atoms with Gasteiger partial charge in [0.1, 0.15) is 9.90 Å². The van der Waals surface area contributed by atoms with E-state index in [1.807, 2.05) is 0 Å². The SMILES string of the molecule is O=S(=O)(c1cccs1)c1n[nH]nc1-c1ccncc1. The molecule has 0 unspecified atom stereocenters. The standard InChI is InChI=1S/C11H8N4O2S2/c16-19(17,9-2-1-7-18-9)11-10(13-15-14-11)8-3-5-12-6-4-8/h1-7H,(H,13,14,15). The lowest BCUT2D eigenvalue weighted by Gasteiger charge is -2.00. The summed E-state index contributed by atoms with van der Waals surface area (Å²) in [5, 5.41) is 11.7. The molecule has 0 aliphatic rings. The number of thiophene rings is 1. The third-order valence-corrected chi connectivity index (χ3v) is 5.55. The Hall–Kier alpha value is -2.06. The van der Waals surface area contributed by atoms with E-state index >= 15 is 0 Å². The number of H-pyrrole nitrogens is 1. The van der Waals surface area contributed by atoms with Crippen LogP contribution in [-0.4, -0.2) is 28.8 Å². The zero-order valence-electron chi connectivity index (χ0n) is 9.52. The molecular weight excluding hydrogens is 284 g/mol. The molecule has 0 saturated heterocycles. The predicted molar refractivity (Wildman–Crippen MR) is 69.4 cm³/mol. The topological polar surface area (TPSA) is 88.6 Å². The molecule has 19 heavy (non-hydrogen) atoms. The third-order valence-electron chi connectivity index (χ3n) is 2.48. The fourth-order valence-electron chi connectivity index (χ4n) is 1.62. The van der Waals surface area contributed by atoms with Gasteiger partial charge in [-0.3, -0.25) is 4.98 Å². The van der Waals surface area contributed by atoms with Crippen LogP contribution in [0.25, 0.3) is 11.3 Å². The molecule has 3 rings (SSSR count). The third kappa shape index (κ3) is 2.04. The molecule has 6 nitrogen and oxygen atoms in total. The van der Waals surface area contributed by atoms with E-state index in [0.717, 1.165) is 11.3 Å². The largest absolute Gasteiger partial charge is 0.265 e. The van der Waals surface area contributed by atoms with Crippen LogP contribution in [0.3, 0.4) is 0 Å². The molecule has 0 fully saturated rings. The molecular formula is C11H8N4O2S2. The summed E-state index contributed by atoms with van der Waals surface area (Å²) in [4.78, 5) is 3.89. The Morgan fingerprint density at radius 3 is 2.58 bits per heavy atom. The molecule has 3 heterocycles. The van der Waals surface area contributed by atoms with Crippen LogP contribution in [0.1, 0.15) is 0 Å². The minimum Gasteiger partial charge on any atom is -0.265 e. The summed E-state index contributed by atoms with van der Waals surface area (Å²) in [5.41, 5.74) is 0.953. The molecule has 8 heteroatoms. The Labute approximate surface area is 113 Å². The summed E-state index contributed by atoms with van der Waals surface area (Å²) < 4.78 is 25.1. The fourth-order valence-corrected chi connectivity index (χ4v) is 4.00. The first-order valence-corrected chi connectivity index (χ1v) is 7.65. The molecule has 3 aromatic heterocycles. The van der Waals surface area contributed by atoms with Crippen LogP contribution in [0.2, 0.25) is 0 Å². The summed E-state index contributed by atoms with van der Waals surface area (Å²) in [6.07, 6.45) is 3.15. The van der Waals surface area contributed by atoms with E-state index in [1.165, 1.54) is 0 Å². The average Bonchev–Trinajstić information content (AvgIpc) is 3.11. The van der Waals surface area contributed by atoms with Crippen molar-refractivity contribution in [1.82, 2.24) is 20.4 Å². The van der Waals surface area contributed by atoms with Crippen molar-refractivity contribution in [2.75, 3.05) is 0 Å². The van der Waals surface area contributed by atoms with Crippen LogP contribution in [-0.2, 0) is 9.84 Å². The van der Waals surface area contributed by atoms with E-state index in [9.17, 15) is 8.42 Å². The first kappa shape index (κ1) is 12.0. The molecule has 0 aromatic carbocycles. The number of hydrogen-bond donors (Lipinski definition) is 1. The summed E-state index contributed by atoms with van der Waals surface area (Å²) >= 11 is 1.15. The smallest absolute Gasteiger partial charge is 0.237 e. The number of sulfone groups is 1. The van der Waals surface area contributed by atoms with Crippen molar-refractivity contribution >= 4 is 21.2 Å². The molecule has 3 aromatic rings. The summed E-state index contributed by atoms with van der Waals surface area (Å²) in [6.45, 7) is 0. The second kappa shape index (κ2) is 4.56. The van der Waals surface area contributed by atoms with Crippen molar-refractivity contribution in [2.45, 2.75) is 9.24 Å². The molecule has 0 saturated carbocycles. The van der Waals surface area contributed by atoms with Crippen LogP contribution in [0.4, 0.5) is 0 Å². The van der Waals surface area contributed by atoms with E-state index < -0.39 is 9.84 Å². The molecule has 0 atom stereocenters. The van der Waals surface area contributed by atoms with E-state index in [0.29, 0.717) is 11.3 Å². The maximum Gasteiger partial charge on any atom is 0.237 e. The van der Waals surface area contributed by atoms with Crippen LogP contribution in [0, 0.1) is 0 Å². The highest BCUT2D eigenvalue weighted by Crippen LogP contribution is 2.29. The second-order valence-electron chi connectivity index (χ2n) is 3.65. The molecule has 0 radical (unpaired) electrons. The average molecular weight is 292 g/mol. The lowest BCUT2D eigenvalue weighted by Crippen LogP contribution is -2.02. The van der Waals surface area contributed by atoms with Gasteiger partial charge in [0.05, 0.1) is 0 Å². The number of aromatic nitrogens is 4. The lowest BCUT2D eigenvalue weighted by molar-refractivity contribution is 0.594. The normalized spacial score (nSPS) is 11.6. The van der Waals surface area contributed by atoms with Gasteiger partial charge in [-0.25, -0.2) is 8.42 Å². The van der Waals surface area contributed by atoms with Gasteiger partial charge >= 0.3 is 0 Å². The molecule has 1 N–H and O–H groups in total. The van der Waals surface area contributed by atoms with Gasteiger partial charge in [0.2, 0.25) is 14.9 Å². The van der Waals surface area contributed by atoms with Gasteiger partial charge in [-0.1, -0.05) is 6.07 Å². The molecule has 0 bridgehead atoms. The van der Waals surface area contributed by atoms with Crippen molar-refractivity contribution in [3.63, 3.8) is 0 Å². The highest BCUT2D eigenvalue weighted by atomic mass is 32.2. The van der Waals surface area contributed by atoms with E-state index in [1.54, 1.807) is 42.0 Å². The Morgan fingerprint density at radius 2 is 1.89 bits per heavy atom. The molecule has 0 aliphatic carbocycles. The fraction of sp³-hybridized carbons (Fsp3) is 0. The summed E-state index contributed by atoms with van der Waals surface area (Å²) in [6, 6.07) is 6.60. The van der Waals surface area contributed by atoms with Crippen molar-refractivity contribution in [2.24, 2.45) is 0 Å². The maximum absolute atomic E-state index is 12.4. The Bertz CT molecular complexity index is 779. The molecule has 0 aliphatic heterocycles. The van der Waals surface area contributed by atoms with Gasteiger partial charge in [-0.05, 0) is 23.6 Å². The highest BCUT2D eigenvalue weighted by Gasteiger charge is 2.27. The highest BCUT2D eigenvalue weighted by molar-refractivity contribution is 7.93. The number of rotatable bonds is 3. The minimum absolute atomic E-state index is 0.0684. The zero-order chi connectivity index (χ0) is 13.3. The Balaban J connectivity index is 2.17. The van der Waals surface area contributed by atoms with Gasteiger partial charge < -0.3 is 0 Å². The van der Waals surface area contributed by atoms with E-state index in [2.05, 4.69) is 20.4 Å². The molecule has 0 amide bonds. The van der Waals surface area contributed by atoms with Crippen LogP contribution in [0.15, 0.2) is 51.3 Å². The second-order valence-corrected chi connectivity index (χ2v) is 6.69. The van der Waals surface area contributed by atoms with E-state index in [-0.39, 0.29) is 9.24 Å². The zero-order valence-corrected chi connectivity index (χ0v) is 11.1. The predicted octanol–water partition coefficient (Wildman–Crippen LogP) is 1.76. The minimum atomic E-state index is -3.64. The first-order valence-electron chi connectivity index (χ1n) is 5.29. The number of aromatic amines is 1. The van der Waals surface area contributed by atoms with Crippen molar-refractivity contribution in [1.29, 1.82) is 0 Å².